The van der Waals surface area contributed by atoms with Gasteiger partial charge in [-0.2, -0.15) is 11.8 Å². The zero-order valence-corrected chi connectivity index (χ0v) is 13.1. The van der Waals surface area contributed by atoms with Gasteiger partial charge in [-0.15, -0.1) is 0 Å². The Labute approximate surface area is 123 Å². The monoisotopic (exact) mass is 313 g/mol. The van der Waals surface area contributed by atoms with Crippen LogP contribution in [0.1, 0.15) is 13.3 Å². The molecule has 1 heterocycles. The van der Waals surface area contributed by atoms with Crippen LogP contribution in [0, 0.1) is 0 Å². The third-order valence-corrected chi connectivity index (χ3v) is 5.44. The van der Waals surface area contributed by atoms with Gasteiger partial charge in [-0.25, -0.2) is 13.1 Å². The van der Waals surface area contributed by atoms with Crippen molar-refractivity contribution in [3.05, 3.63) is 24.4 Å². The molecule has 110 valence electrons. The van der Waals surface area contributed by atoms with Crippen LogP contribution in [-0.4, -0.2) is 31.5 Å². The Bertz CT molecular complexity index is 695. The number of nitrogen functional groups attached to an aromatic ring is 1. The van der Waals surface area contributed by atoms with Gasteiger partial charge in [0.05, 0.1) is 0 Å². The Hall–Kier alpha value is -1.18. The molecule has 0 amide bonds. The SMILES string of the molecule is CCC(CSC)NS(=O)(=O)c1c[nH]c2ccc(N)cc12. The summed E-state index contributed by atoms with van der Waals surface area (Å²) >= 11 is 1.62. The number of hydrogen-bond acceptors (Lipinski definition) is 4. The molecule has 2 aromatic rings. The van der Waals surface area contributed by atoms with Gasteiger partial charge in [0.2, 0.25) is 10.0 Å². The molecule has 0 spiro atoms. The summed E-state index contributed by atoms with van der Waals surface area (Å²) in [5.41, 5.74) is 7.05. The topological polar surface area (TPSA) is 88.0 Å². The van der Waals surface area contributed by atoms with Gasteiger partial charge < -0.3 is 10.7 Å². The van der Waals surface area contributed by atoms with Crippen LogP contribution >= 0.6 is 11.8 Å². The average molecular weight is 313 g/mol. The summed E-state index contributed by atoms with van der Waals surface area (Å²) in [5.74, 6) is 0.750. The van der Waals surface area contributed by atoms with Crippen molar-refractivity contribution in [2.75, 3.05) is 17.7 Å². The van der Waals surface area contributed by atoms with Crippen molar-refractivity contribution < 1.29 is 8.42 Å². The fourth-order valence-corrected chi connectivity index (χ4v) is 4.37. The highest BCUT2D eigenvalue weighted by molar-refractivity contribution is 7.98. The molecule has 5 nitrogen and oxygen atoms in total. The minimum absolute atomic E-state index is 0.0685. The number of H-pyrrole nitrogens is 1. The summed E-state index contributed by atoms with van der Waals surface area (Å²) in [4.78, 5) is 3.21. The van der Waals surface area contributed by atoms with Crippen molar-refractivity contribution in [3.63, 3.8) is 0 Å². The number of sulfonamides is 1. The van der Waals surface area contributed by atoms with Crippen LogP contribution in [0.4, 0.5) is 5.69 Å². The maximum absolute atomic E-state index is 12.5. The molecule has 0 saturated heterocycles. The lowest BCUT2D eigenvalue weighted by Gasteiger charge is -2.15. The minimum atomic E-state index is -3.54. The predicted molar refractivity (Wildman–Crippen MR) is 85.5 cm³/mol. The standard InChI is InChI=1S/C13H19N3O2S2/c1-3-10(8-19-2)16-20(17,18)13-7-15-12-5-4-9(14)6-11(12)13/h4-7,10,15-16H,3,8,14H2,1-2H3. The molecule has 1 aromatic heterocycles. The van der Waals surface area contributed by atoms with Gasteiger partial charge in [-0.05, 0) is 30.9 Å². The normalized spacial score (nSPS) is 13.7. The predicted octanol–water partition coefficient (Wildman–Crippen LogP) is 2.17. The Morgan fingerprint density at radius 1 is 1.45 bits per heavy atom. The fourth-order valence-electron chi connectivity index (χ4n) is 2.05. The smallest absolute Gasteiger partial charge is 0.242 e. The molecular formula is C13H19N3O2S2. The molecule has 0 fully saturated rings. The number of nitrogens with one attached hydrogen (secondary N) is 2. The lowest BCUT2D eigenvalue weighted by Crippen LogP contribution is -2.36. The summed E-state index contributed by atoms with van der Waals surface area (Å²) in [7, 11) is -3.54. The van der Waals surface area contributed by atoms with Crippen molar-refractivity contribution in [1.82, 2.24) is 9.71 Å². The lowest BCUT2D eigenvalue weighted by molar-refractivity contribution is 0.559. The minimum Gasteiger partial charge on any atom is -0.399 e. The molecule has 1 atom stereocenters. The summed E-state index contributed by atoms with van der Waals surface area (Å²) < 4.78 is 27.7. The molecular weight excluding hydrogens is 294 g/mol. The van der Waals surface area contributed by atoms with E-state index >= 15 is 0 Å². The number of aromatic amines is 1. The summed E-state index contributed by atoms with van der Waals surface area (Å²) in [6, 6.07) is 5.13. The van der Waals surface area contributed by atoms with E-state index in [0.717, 1.165) is 17.7 Å². The van der Waals surface area contributed by atoms with Crippen LogP contribution in [-0.2, 0) is 10.0 Å². The molecule has 0 radical (unpaired) electrons. The first-order valence-corrected chi connectivity index (χ1v) is 9.23. The van der Waals surface area contributed by atoms with Crippen molar-refractivity contribution in [3.8, 4) is 0 Å². The van der Waals surface area contributed by atoms with Gasteiger partial charge in [-0.3, -0.25) is 0 Å². The van der Waals surface area contributed by atoms with E-state index in [1.54, 1.807) is 30.0 Å². The van der Waals surface area contributed by atoms with Crippen molar-refractivity contribution in [1.29, 1.82) is 0 Å². The van der Waals surface area contributed by atoms with E-state index in [1.807, 2.05) is 13.2 Å². The number of fused-ring (bicyclic) bond motifs is 1. The van der Waals surface area contributed by atoms with Gasteiger partial charge in [0.1, 0.15) is 4.90 Å². The molecule has 0 aliphatic heterocycles. The third-order valence-electron chi connectivity index (χ3n) is 3.14. The van der Waals surface area contributed by atoms with E-state index in [2.05, 4.69) is 9.71 Å². The highest BCUT2D eigenvalue weighted by Gasteiger charge is 2.22. The van der Waals surface area contributed by atoms with E-state index in [1.165, 1.54) is 6.20 Å². The Morgan fingerprint density at radius 3 is 2.85 bits per heavy atom. The number of aromatic nitrogens is 1. The summed E-state index contributed by atoms with van der Waals surface area (Å²) in [6.45, 7) is 1.97. The number of thioether (sulfide) groups is 1. The molecule has 0 aliphatic rings. The van der Waals surface area contributed by atoms with Gasteiger partial charge >= 0.3 is 0 Å². The molecule has 2 rings (SSSR count). The zero-order chi connectivity index (χ0) is 14.8. The Kier molecular flexibility index (Phi) is 4.62. The number of anilines is 1. The third kappa shape index (κ3) is 3.11. The number of rotatable bonds is 6. The van der Waals surface area contributed by atoms with Crippen molar-refractivity contribution in [2.24, 2.45) is 0 Å². The molecule has 4 N–H and O–H groups in total. The summed E-state index contributed by atoms with van der Waals surface area (Å²) in [6.07, 6.45) is 4.23. The van der Waals surface area contributed by atoms with E-state index in [4.69, 9.17) is 5.73 Å². The van der Waals surface area contributed by atoms with Crippen molar-refractivity contribution in [2.45, 2.75) is 24.3 Å². The van der Waals surface area contributed by atoms with Gasteiger partial charge in [0, 0.05) is 34.6 Å². The lowest BCUT2D eigenvalue weighted by atomic mass is 10.2. The van der Waals surface area contributed by atoms with Crippen LogP contribution in [0.3, 0.4) is 0 Å². The van der Waals surface area contributed by atoms with Gasteiger partial charge in [0.15, 0.2) is 0 Å². The van der Waals surface area contributed by atoms with Crippen LogP contribution < -0.4 is 10.5 Å². The van der Waals surface area contributed by atoms with E-state index in [0.29, 0.717) is 11.1 Å². The fraction of sp³-hybridized carbons (Fsp3) is 0.385. The summed E-state index contributed by atoms with van der Waals surface area (Å²) in [5, 5.41) is 0.622. The maximum atomic E-state index is 12.5. The maximum Gasteiger partial charge on any atom is 0.242 e. The van der Waals surface area contributed by atoms with Crippen LogP contribution in [0.25, 0.3) is 10.9 Å². The quantitative estimate of drug-likeness (QED) is 0.713. The number of benzene rings is 1. The van der Waals surface area contributed by atoms with Crippen LogP contribution in [0.2, 0.25) is 0 Å². The van der Waals surface area contributed by atoms with E-state index < -0.39 is 10.0 Å². The molecule has 0 bridgehead atoms. The van der Waals surface area contributed by atoms with E-state index in [-0.39, 0.29) is 10.9 Å². The second-order valence-corrected chi connectivity index (χ2v) is 7.23. The van der Waals surface area contributed by atoms with Crippen LogP contribution in [0.15, 0.2) is 29.3 Å². The van der Waals surface area contributed by atoms with Crippen molar-refractivity contribution >= 4 is 38.4 Å². The molecule has 20 heavy (non-hydrogen) atoms. The second-order valence-electron chi connectivity index (χ2n) is 4.64. The van der Waals surface area contributed by atoms with Crippen LogP contribution in [0.5, 0.6) is 0 Å². The first kappa shape index (κ1) is 15.2. The number of nitrogens with two attached hydrogens (primary N) is 1. The highest BCUT2D eigenvalue weighted by Crippen LogP contribution is 2.25. The number of hydrogen-bond donors (Lipinski definition) is 3. The first-order chi connectivity index (χ1) is 9.47. The molecule has 0 saturated carbocycles. The van der Waals surface area contributed by atoms with Gasteiger partial charge in [-0.1, -0.05) is 6.92 Å². The zero-order valence-electron chi connectivity index (χ0n) is 11.5. The highest BCUT2D eigenvalue weighted by atomic mass is 32.2. The van der Waals surface area contributed by atoms with E-state index in [9.17, 15) is 8.42 Å². The average Bonchev–Trinajstić information content (AvgIpc) is 2.81. The molecule has 7 heteroatoms. The largest absolute Gasteiger partial charge is 0.399 e. The second kappa shape index (κ2) is 6.07. The molecule has 1 aromatic carbocycles. The van der Waals surface area contributed by atoms with Gasteiger partial charge in [0.25, 0.3) is 0 Å². The first-order valence-electron chi connectivity index (χ1n) is 6.35. The Morgan fingerprint density at radius 2 is 2.20 bits per heavy atom. The molecule has 1 unspecified atom stereocenters. The Balaban J connectivity index is 2.39. The molecule has 0 aliphatic carbocycles.